The van der Waals surface area contributed by atoms with E-state index in [4.69, 9.17) is 4.52 Å². The van der Waals surface area contributed by atoms with Gasteiger partial charge in [0.05, 0.1) is 4.91 Å². The Kier molecular flexibility index (Phi) is 3.94. The Bertz CT molecular complexity index is 716. The van der Waals surface area contributed by atoms with Gasteiger partial charge in [0, 0.05) is 17.5 Å². The van der Waals surface area contributed by atoms with Crippen LogP contribution in [0.1, 0.15) is 17.6 Å². The lowest BCUT2D eigenvalue weighted by atomic mass is 10.4. The number of carbonyl (C=O) groups is 1. The molecule has 0 spiro atoms. The molecule has 1 amide bonds. The van der Waals surface area contributed by atoms with Gasteiger partial charge >= 0.3 is 0 Å². The van der Waals surface area contributed by atoms with Crippen LogP contribution in [0.2, 0.25) is 0 Å². The second-order valence-corrected chi connectivity index (χ2v) is 6.35. The van der Waals surface area contributed by atoms with E-state index in [9.17, 15) is 4.79 Å². The molecule has 5 nitrogen and oxygen atoms in total. The van der Waals surface area contributed by atoms with E-state index in [1.54, 1.807) is 22.3 Å². The number of aryl methyl sites for hydroxylation is 1. The highest BCUT2D eigenvalue weighted by atomic mass is 32.2. The van der Waals surface area contributed by atoms with Crippen LogP contribution in [-0.4, -0.2) is 27.7 Å². The van der Waals surface area contributed by atoms with E-state index in [0.29, 0.717) is 28.2 Å². The maximum atomic E-state index is 12.4. The normalized spacial score (nSPS) is 19.1. The zero-order valence-corrected chi connectivity index (χ0v) is 13.2. The molecular weight excluding hydrogens is 306 g/mol. The molecule has 3 rings (SSSR count). The van der Waals surface area contributed by atoms with E-state index >= 15 is 0 Å². The average Bonchev–Trinajstić information content (AvgIpc) is 3.15. The Balaban J connectivity index is 1.92. The van der Waals surface area contributed by atoms with Gasteiger partial charge in [-0.05, 0) is 43.1 Å². The zero-order valence-electron chi connectivity index (χ0n) is 11.6. The summed E-state index contributed by atoms with van der Waals surface area (Å²) < 4.78 is 5.00. The molecular formula is C14H13N3O2S2. The van der Waals surface area contributed by atoms with Crippen molar-refractivity contribution in [3.05, 3.63) is 39.1 Å². The number of aliphatic imine (C=N–C) groups is 1. The molecule has 1 saturated heterocycles. The second-order valence-electron chi connectivity index (χ2n) is 4.37. The summed E-state index contributed by atoms with van der Waals surface area (Å²) in [6.07, 6.45) is 1.90. The summed E-state index contributed by atoms with van der Waals surface area (Å²) in [4.78, 5) is 20.2. The summed E-state index contributed by atoms with van der Waals surface area (Å²) in [6.45, 7) is 4.31. The second kappa shape index (κ2) is 5.87. The summed E-state index contributed by atoms with van der Waals surface area (Å²) in [6, 6.07) is 5.69. The number of amidine groups is 1. The van der Waals surface area contributed by atoms with E-state index in [-0.39, 0.29) is 5.91 Å². The number of rotatable bonds is 3. The third kappa shape index (κ3) is 2.93. The minimum atomic E-state index is -0.0186. The standard InChI is InChI=1S/C14H13N3O2S2/c1-3-17-13(18)11(8-10-5-4-6-20-10)21-14(17)15-12-7-9(2)19-16-12/h4-8H,3H2,1-2H3/b11-8+,15-14?. The molecule has 108 valence electrons. The average molecular weight is 319 g/mol. The molecule has 0 radical (unpaired) electrons. The summed E-state index contributed by atoms with van der Waals surface area (Å²) in [7, 11) is 0. The number of amides is 1. The predicted molar refractivity (Wildman–Crippen MR) is 85.6 cm³/mol. The Morgan fingerprint density at radius 3 is 3.00 bits per heavy atom. The Morgan fingerprint density at radius 2 is 2.38 bits per heavy atom. The molecule has 2 aromatic heterocycles. The number of carbonyl (C=O) groups excluding carboxylic acids is 1. The number of hydrogen-bond acceptors (Lipinski definition) is 6. The van der Waals surface area contributed by atoms with Gasteiger partial charge < -0.3 is 4.52 Å². The monoisotopic (exact) mass is 319 g/mol. The highest BCUT2D eigenvalue weighted by Crippen LogP contribution is 2.34. The van der Waals surface area contributed by atoms with Crippen molar-refractivity contribution in [1.29, 1.82) is 0 Å². The van der Waals surface area contributed by atoms with Gasteiger partial charge in [0.1, 0.15) is 5.76 Å². The van der Waals surface area contributed by atoms with Crippen molar-refractivity contribution in [3.8, 4) is 0 Å². The minimum Gasteiger partial charge on any atom is -0.359 e. The van der Waals surface area contributed by atoms with Crippen LogP contribution in [0.5, 0.6) is 0 Å². The molecule has 1 aliphatic heterocycles. The summed E-state index contributed by atoms with van der Waals surface area (Å²) >= 11 is 2.97. The van der Waals surface area contributed by atoms with Crippen LogP contribution in [0.15, 0.2) is 38.0 Å². The Labute approximate surface area is 130 Å². The molecule has 7 heteroatoms. The minimum absolute atomic E-state index is 0.0186. The van der Waals surface area contributed by atoms with Gasteiger partial charge in [-0.3, -0.25) is 9.69 Å². The van der Waals surface area contributed by atoms with Crippen LogP contribution < -0.4 is 0 Å². The van der Waals surface area contributed by atoms with Gasteiger partial charge in [0.2, 0.25) is 0 Å². The highest BCUT2D eigenvalue weighted by molar-refractivity contribution is 8.18. The van der Waals surface area contributed by atoms with Crippen LogP contribution in [0, 0.1) is 6.92 Å². The van der Waals surface area contributed by atoms with E-state index in [0.717, 1.165) is 4.88 Å². The van der Waals surface area contributed by atoms with Crippen molar-refractivity contribution in [2.45, 2.75) is 13.8 Å². The fraction of sp³-hybridized carbons (Fsp3) is 0.214. The first-order valence-corrected chi connectivity index (χ1v) is 8.14. The predicted octanol–water partition coefficient (Wildman–Crippen LogP) is 3.67. The van der Waals surface area contributed by atoms with E-state index in [1.807, 2.05) is 37.4 Å². The number of thiophene rings is 1. The summed E-state index contributed by atoms with van der Waals surface area (Å²) in [5.74, 6) is 1.16. The molecule has 21 heavy (non-hydrogen) atoms. The maximum Gasteiger partial charge on any atom is 0.266 e. The summed E-state index contributed by atoms with van der Waals surface area (Å²) in [5, 5.41) is 6.47. The Hall–Kier alpha value is -1.86. The number of nitrogens with zero attached hydrogens (tertiary/aromatic N) is 3. The van der Waals surface area contributed by atoms with Crippen LogP contribution >= 0.6 is 23.1 Å². The van der Waals surface area contributed by atoms with Gasteiger partial charge in [0.25, 0.3) is 5.91 Å². The topological polar surface area (TPSA) is 58.7 Å². The van der Waals surface area contributed by atoms with E-state index < -0.39 is 0 Å². The quantitative estimate of drug-likeness (QED) is 0.810. The molecule has 0 bridgehead atoms. The smallest absolute Gasteiger partial charge is 0.266 e. The maximum absolute atomic E-state index is 12.4. The van der Waals surface area contributed by atoms with Crippen LogP contribution in [0.3, 0.4) is 0 Å². The van der Waals surface area contributed by atoms with Crippen LogP contribution in [-0.2, 0) is 4.79 Å². The van der Waals surface area contributed by atoms with Crippen molar-refractivity contribution >= 4 is 46.1 Å². The molecule has 1 fully saturated rings. The molecule has 2 aromatic rings. The van der Waals surface area contributed by atoms with Crippen LogP contribution in [0.25, 0.3) is 6.08 Å². The van der Waals surface area contributed by atoms with Gasteiger partial charge in [-0.1, -0.05) is 11.2 Å². The fourth-order valence-corrected chi connectivity index (χ4v) is 3.65. The van der Waals surface area contributed by atoms with Crippen molar-refractivity contribution in [1.82, 2.24) is 10.1 Å². The van der Waals surface area contributed by atoms with Crippen molar-refractivity contribution in [3.63, 3.8) is 0 Å². The molecule has 1 aliphatic rings. The van der Waals surface area contributed by atoms with Gasteiger partial charge in [-0.2, -0.15) is 0 Å². The largest absolute Gasteiger partial charge is 0.359 e. The third-order valence-corrected chi connectivity index (χ3v) is 4.67. The van der Waals surface area contributed by atoms with Gasteiger partial charge in [-0.15, -0.1) is 11.3 Å². The SMILES string of the molecule is CCN1C(=O)/C(=C\c2cccs2)SC1=Nc1cc(C)on1. The molecule has 0 aliphatic carbocycles. The number of aromatic nitrogens is 1. The van der Waals surface area contributed by atoms with Crippen molar-refractivity contribution in [2.75, 3.05) is 6.54 Å². The zero-order chi connectivity index (χ0) is 14.8. The molecule has 0 aromatic carbocycles. The molecule has 0 atom stereocenters. The lowest BCUT2D eigenvalue weighted by molar-refractivity contribution is -0.122. The Morgan fingerprint density at radius 1 is 1.52 bits per heavy atom. The fourth-order valence-electron chi connectivity index (χ4n) is 1.88. The highest BCUT2D eigenvalue weighted by Gasteiger charge is 2.32. The lowest BCUT2D eigenvalue weighted by Crippen LogP contribution is -2.28. The first kappa shape index (κ1) is 14.1. The lowest BCUT2D eigenvalue weighted by Gasteiger charge is -2.11. The number of likely N-dealkylation sites (N-methyl/N-ethyl adjacent to an activating group) is 1. The van der Waals surface area contributed by atoms with E-state index in [2.05, 4.69) is 10.1 Å². The van der Waals surface area contributed by atoms with Crippen molar-refractivity contribution in [2.24, 2.45) is 4.99 Å². The molecule has 0 saturated carbocycles. The molecule has 0 N–H and O–H groups in total. The first-order valence-electron chi connectivity index (χ1n) is 6.44. The third-order valence-electron chi connectivity index (χ3n) is 2.85. The van der Waals surface area contributed by atoms with Gasteiger partial charge in [-0.25, -0.2) is 4.99 Å². The molecule has 3 heterocycles. The van der Waals surface area contributed by atoms with Crippen molar-refractivity contribution < 1.29 is 9.32 Å². The van der Waals surface area contributed by atoms with Crippen LogP contribution in [0.4, 0.5) is 5.82 Å². The molecule has 0 unspecified atom stereocenters. The summed E-state index contributed by atoms with van der Waals surface area (Å²) in [5.41, 5.74) is 0. The van der Waals surface area contributed by atoms with E-state index in [1.165, 1.54) is 11.8 Å². The number of hydrogen-bond donors (Lipinski definition) is 0. The number of thioether (sulfide) groups is 1. The van der Waals surface area contributed by atoms with Gasteiger partial charge in [0.15, 0.2) is 11.0 Å². The first-order chi connectivity index (χ1) is 10.2.